The molecule has 0 aliphatic carbocycles. The average Bonchev–Trinajstić information content (AvgIpc) is 2.32. The number of methoxy groups -OCH3 is 1. The lowest BCUT2D eigenvalue weighted by Crippen LogP contribution is -2.33. The highest BCUT2D eigenvalue weighted by atomic mass is 35.5. The molecular formula is C11H24ClNO3. The van der Waals surface area contributed by atoms with Crippen LogP contribution in [0.4, 0.5) is 0 Å². The van der Waals surface area contributed by atoms with Gasteiger partial charge in [0.2, 0.25) is 0 Å². The van der Waals surface area contributed by atoms with Crippen molar-refractivity contribution in [3.63, 3.8) is 0 Å². The minimum absolute atomic E-state index is 0.392. The molecule has 0 heterocycles. The topological polar surface area (TPSA) is 39.7 Å². The molecule has 0 aliphatic rings. The third kappa shape index (κ3) is 10.6. The lowest BCUT2D eigenvalue weighted by molar-refractivity contribution is 0.0253. The van der Waals surface area contributed by atoms with Gasteiger partial charge in [-0.15, -0.1) is 11.6 Å². The molecule has 0 bridgehead atoms. The van der Waals surface area contributed by atoms with Gasteiger partial charge >= 0.3 is 0 Å². The second kappa shape index (κ2) is 13.2. The summed E-state index contributed by atoms with van der Waals surface area (Å²) >= 11 is 5.74. The second-order valence-corrected chi connectivity index (χ2v) is 3.74. The van der Waals surface area contributed by atoms with Crippen molar-refractivity contribution in [2.45, 2.75) is 19.4 Å². The Morgan fingerprint density at radius 2 is 1.69 bits per heavy atom. The SMILES string of the molecule is CCC(CCl)NCCOCCOCCOC. The zero-order valence-electron chi connectivity index (χ0n) is 10.3. The lowest BCUT2D eigenvalue weighted by Gasteiger charge is -2.13. The Morgan fingerprint density at radius 1 is 1.06 bits per heavy atom. The first-order valence-electron chi connectivity index (χ1n) is 5.78. The Morgan fingerprint density at radius 3 is 2.25 bits per heavy atom. The smallest absolute Gasteiger partial charge is 0.0701 e. The van der Waals surface area contributed by atoms with Crippen molar-refractivity contribution in [2.24, 2.45) is 0 Å². The minimum atomic E-state index is 0.392. The number of hydrogen-bond acceptors (Lipinski definition) is 4. The number of rotatable bonds is 12. The van der Waals surface area contributed by atoms with Gasteiger partial charge in [-0.05, 0) is 6.42 Å². The number of halogens is 1. The Bertz CT molecular complexity index is 134. The van der Waals surface area contributed by atoms with E-state index < -0.39 is 0 Å². The summed E-state index contributed by atoms with van der Waals surface area (Å²) in [7, 11) is 1.66. The zero-order valence-corrected chi connectivity index (χ0v) is 11.1. The quantitative estimate of drug-likeness (QED) is 0.420. The first-order chi connectivity index (χ1) is 7.85. The first-order valence-corrected chi connectivity index (χ1v) is 6.32. The number of ether oxygens (including phenoxy) is 3. The van der Waals surface area contributed by atoms with Crippen LogP contribution in [-0.2, 0) is 14.2 Å². The van der Waals surface area contributed by atoms with Crippen molar-refractivity contribution < 1.29 is 14.2 Å². The van der Waals surface area contributed by atoms with E-state index in [0.29, 0.717) is 45.0 Å². The third-order valence-corrected chi connectivity index (χ3v) is 2.53. The molecule has 0 amide bonds. The lowest BCUT2D eigenvalue weighted by atomic mass is 10.2. The fourth-order valence-electron chi connectivity index (χ4n) is 1.11. The van der Waals surface area contributed by atoms with Crippen LogP contribution >= 0.6 is 11.6 Å². The molecule has 16 heavy (non-hydrogen) atoms. The van der Waals surface area contributed by atoms with Crippen molar-refractivity contribution in [1.82, 2.24) is 5.32 Å². The molecule has 0 spiro atoms. The van der Waals surface area contributed by atoms with Crippen LogP contribution in [0.25, 0.3) is 0 Å². The first kappa shape index (κ1) is 16.1. The van der Waals surface area contributed by atoms with E-state index in [1.807, 2.05) is 0 Å². The third-order valence-electron chi connectivity index (χ3n) is 2.16. The molecule has 5 heteroatoms. The summed E-state index contributed by atoms with van der Waals surface area (Å²) in [5.41, 5.74) is 0. The van der Waals surface area contributed by atoms with Crippen molar-refractivity contribution >= 4 is 11.6 Å². The zero-order chi connectivity index (χ0) is 12.1. The Balaban J connectivity index is 3.03. The summed E-state index contributed by atoms with van der Waals surface area (Å²) in [6, 6.07) is 0.392. The predicted octanol–water partition coefficient (Wildman–Crippen LogP) is 1.27. The highest BCUT2D eigenvalue weighted by Gasteiger charge is 2.01. The van der Waals surface area contributed by atoms with Crippen molar-refractivity contribution in [3.05, 3.63) is 0 Å². The molecule has 1 atom stereocenters. The summed E-state index contributed by atoms with van der Waals surface area (Å²) in [6.07, 6.45) is 1.05. The average molecular weight is 254 g/mol. The Labute approximate surface area is 104 Å². The minimum Gasteiger partial charge on any atom is -0.382 e. The Hall–Kier alpha value is 0.130. The normalized spacial score (nSPS) is 12.9. The van der Waals surface area contributed by atoms with Crippen LogP contribution < -0.4 is 5.32 Å². The van der Waals surface area contributed by atoms with Crippen LogP contribution in [0.1, 0.15) is 13.3 Å². The molecule has 1 N–H and O–H groups in total. The van der Waals surface area contributed by atoms with Gasteiger partial charge in [-0.25, -0.2) is 0 Å². The van der Waals surface area contributed by atoms with E-state index in [-0.39, 0.29) is 0 Å². The molecule has 0 aromatic heterocycles. The van der Waals surface area contributed by atoms with Gasteiger partial charge in [0.25, 0.3) is 0 Å². The summed E-state index contributed by atoms with van der Waals surface area (Å²) in [4.78, 5) is 0. The molecule has 98 valence electrons. The van der Waals surface area contributed by atoms with Gasteiger partial charge in [-0.1, -0.05) is 6.92 Å². The molecule has 0 aliphatic heterocycles. The summed E-state index contributed by atoms with van der Waals surface area (Å²) in [5, 5.41) is 3.31. The Kier molecular flexibility index (Phi) is 13.3. The molecule has 0 aromatic rings. The van der Waals surface area contributed by atoms with Gasteiger partial charge in [-0.2, -0.15) is 0 Å². The molecule has 0 saturated carbocycles. The van der Waals surface area contributed by atoms with Crippen molar-refractivity contribution in [1.29, 1.82) is 0 Å². The van der Waals surface area contributed by atoms with Crippen LogP contribution in [0.5, 0.6) is 0 Å². The van der Waals surface area contributed by atoms with E-state index in [4.69, 9.17) is 25.8 Å². The monoisotopic (exact) mass is 253 g/mol. The molecule has 4 nitrogen and oxygen atoms in total. The fourth-order valence-corrected chi connectivity index (χ4v) is 1.43. The predicted molar refractivity (Wildman–Crippen MR) is 66.3 cm³/mol. The number of alkyl halides is 1. The van der Waals surface area contributed by atoms with E-state index in [2.05, 4.69) is 12.2 Å². The van der Waals surface area contributed by atoms with Gasteiger partial charge in [0.15, 0.2) is 0 Å². The second-order valence-electron chi connectivity index (χ2n) is 3.43. The van der Waals surface area contributed by atoms with Crippen LogP contribution in [0.15, 0.2) is 0 Å². The molecule has 1 unspecified atom stereocenters. The highest BCUT2D eigenvalue weighted by molar-refractivity contribution is 6.18. The molecule has 0 fully saturated rings. The van der Waals surface area contributed by atoms with Crippen LogP contribution in [0.2, 0.25) is 0 Å². The van der Waals surface area contributed by atoms with Crippen LogP contribution in [-0.4, -0.2) is 58.6 Å². The van der Waals surface area contributed by atoms with Crippen LogP contribution in [0, 0.1) is 0 Å². The molecule has 0 aromatic carbocycles. The molecule has 0 radical (unpaired) electrons. The van der Waals surface area contributed by atoms with Gasteiger partial charge in [-0.3, -0.25) is 0 Å². The molecular weight excluding hydrogens is 230 g/mol. The molecule has 0 saturated heterocycles. The van der Waals surface area contributed by atoms with E-state index in [9.17, 15) is 0 Å². The van der Waals surface area contributed by atoms with Crippen molar-refractivity contribution in [3.8, 4) is 0 Å². The van der Waals surface area contributed by atoms with E-state index in [1.54, 1.807) is 7.11 Å². The van der Waals surface area contributed by atoms with E-state index in [1.165, 1.54) is 0 Å². The summed E-state index contributed by atoms with van der Waals surface area (Å²) in [5.74, 6) is 0.649. The summed E-state index contributed by atoms with van der Waals surface area (Å²) < 4.78 is 15.5. The summed E-state index contributed by atoms with van der Waals surface area (Å²) in [6.45, 7) is 6.16. The number of hydrogen-bond donors (Lipinski definition) is 1. The maximum atomic E-state index is 5.74. The maximum absolute atomic E-state index is 5.74. The van der Waals surface area contributed by atoms with Crippen LogP contribution in [0.3, 0.4) is 0 Å². The van der Waals surface area contributed by atoms with Gasteiger partial charge in [0.1, 0.15) is 0 Å². The van der Waals surface area contributed by atoms with Gasteiger partial charge < -0.3 is 19.5 Å². The largest absolute Gasteiger partial charge is 0.382 e. The van der Waals surface area contributed by atoms with Crippen molar-refractivity contribution in [2.75, 3.05) is 52.6 Å². The van der Waals surface area contributed by atoms with Gasteiger partial charge in [0, 0.05) is 25.6 Å². The van der Waals surface area contributed by atoms with Gasteiger partial charge in [0.05, 0.1) is 33.0 Å². The van der Waals surface area contributed by atoms with E-state index >= 15 is 0 Å². The fraction of sp³-hybridized carbons (Fsp3) is 1.00. The standard InChI is InChI=1S/C11H24ClNO3/c1-3-11(10-12)13-4-5-15-8-9-16-7-6-14-2/h11,13H,3-10H2,1-2H3. The van der Waals surface area contributed by atoms with E-state index in [0.717, 1.165) is 13.0 Å². The number of nitrogens with one attached hydrogen (secondary N) is 1. The maximum Gasteiger partial charge on any atom is 0.0701 e. The highest BCUT2D eigenvalue weighted by Crippen LogP contribution is 1.92. The molecule has 0 rings (SSSR count).